The maximum atomic E-state index is 12.0. The molecule has 0 saturated heterocycles. The number of aromatic hydroxyl groups is 1. The molecule has 1 aromatic heterocycles. The Hall–Kier alpha value is -3.00. The van der Waals surface area contributed by atoms with E-state index >= 15 is 0 Å². The third-order valence-corrected chi connectivity index (χ3v) is 5.21. The van der Waals surface area contributed by atoms with Crippen molar-refractivity contribution in [3.8, 4) is 5.75 Å². The number of anilines is 1. The van der Waals surface area contributed by atoms with Gasteiger partial charge in [-0.2, -0.15) is 5.10 Å². The lowest BCUT2D eigenvalue weighted by Crippen LogP contribution is -2.21. The van der Waals surface area contributed by atoms with Crippen LogP contribution in [-0.2, 0) is 4.79 Å². The molecule has 7 nitrogen and oxygen atoms in total. The van der Waals surface area contributed by atoms with Gasteiger partial charge >= 0.3 is 5.16 Å². The number of fused-ring (bicyclic) bond motifs is 1. The summed E-state index contributed by atoms with van der Waals surface area (Å²) in [7, 11) is 0. The number of phenols is 1. The number of aromatic nitrogens is 2. The number of H-pyrrole nitrogens is 2. The predicted molar refractivity (Wildman–Crippen MR) is 113 cm³/mol. The Morgan fingerprint density at radius 3 is 2.79 bits per heavy atom. The van der Waals surface area contributed by atoms with Crippen molar-refractivity contribution in [2.24, 2.45) is 5.10 Å². The molecule has 0 atom stereocenters. The number of carbonyl (C=O) groups excluding carboxylic acids is 1. The fourth-order valence-electron chi connectivity index (χ4n) is 2.82. The van der Waals surface area contributed by atoms with Gasteiger partial charge in [0.2, 0.25) is 0 Å². The number of nitrogens with one attached hydrogen (secondary N) is 3. The van der Waals surface area contributed by atoms with E-state index in [4.69, 9.17) is 0 Å². The van der Waals surface area contributed by atoms with E-state index in [1.165, 1.54) is 18.0 Å². The number of benzene rings is 2. The summed E-state index contributed by atoms with van der Waals surface area (Å²) in [6.45, 7) is 5.86. The lowest BCUT2D eigenvalue weighted by atomic mass is 10.2. The molecule has 0 bridgehead atoms. The summed E-state index contributed by atoms with van der Waals surface area (Å²) in [4.78, 5) is 20.6. The van der Waals surface area contributed by atoms with Crippen molar-refractivity contribution in [2.45, 2.75) is 19.0 Å². The van der Waals surface area contributed by atoms with Crippen LogP contribution in [0.5, 0.6) is 5.75 Å². The molecule has 0 unspecified atom stereocenters. The normalized spacial score (nSPS) is 11.2. The Morgan fingerprint density at radius 2 is 2.07 bits per heavy atom. The van der Waals surface area contributed by atoms with Crippen LogP contribution in [0, 0.1) is 0 Å². The molecule has 0 aliphatic carbocycles. The zero-order valence-corrected chi connectivity index (χ0v) is 16.7. The van der Waals surface area contributed by atoms with Gasteiger partial charge in [-0.25, -0.2) is 15.4 Å². The standard InChI is InChI=1S/C20H23N5O2S/c1-3-25(4-2)15-10-9-14(18(26)11-15)12-21-24-19(27)13-28-20-22-16-7-5-6-8-17(16)23-20/h5-12,26H,3-4,13H2,1-2H3,(H,22,23)(H,24,27)/p+1. The van der Waals surface area contributed by atoms with E-state index in [9.17, 15) is 9.90 Å². The van der Waals surface area contributed by atoms with Gasteiger partial charge in [-0.05, 0) is 49.9 Å². The predicted octanol–water partition coefficient (Wildman–Crippen LogP) is 2.78. The first-order chi connectivity index (χ1) is 13.6. The van der Waals surface area contributed by atoms with E-state index in [1.807, 2.05) is 30.3 Å². The number of hydrazone groups is 1. The van der Waals surface area contributed by atoms with E-state index in [0.717, 1.165) is 35.0 Å². The van der Waals surface area contributed by atoms with Crippen LogP contribution in [0.1, 0.15) is 19.4 Å². The Labute approximate surface area is 167 Å². The quantitative estimate of drug-likeness (QED) is 0.309. The molecule has 4 N–H and O–H groups in total. The van der Waals surface area contributed by atoms with Crippen LogP contribution in [0.2, 0.25) is 0 Å². The number of para-hydroxylation sites is 2. The maximum absolute atomic E-state index is 12.0. The zero-order chi connectivity index (χ0) is 19.9. The van der Waals surface area contributed by atoms with Gasteiger partial charge in [0.1, 0.15) is 5.75 Å². The first kappa shape index (κ1) is 19.8. The average molecular weight is 399 g/mol. The fraction of sp³-hybridized carbons (Fsp3) is 0.250. The molecule has 0 fully saturated rings. The largest absolute Gasteiger partial charge is 0.507 e. The van der Waals surface area contributed by atoms with Gasteiger partial charge in [0.25, 0.3) is 5.91 Å². The van der Waals surface area contributed by atoms with Gasteiger partial charge in [0.15, 0.2) is 11.0 Å². The number of nitrogens with zero attached hydrogens (tertiary/aromatic N) is 2. The molecule has 1 amide bonds. The Morgan fingerprint density at radius 1 is 1.29 bits per heavy atom. The maximum Gasteiger partial charge on any atom is 0.315 e. The molecule has 2 aromatic carbocycles. The summed E-state index contributed by atoms with van der Waals surface area (Å²) in [6, 6.07) is 13.3. The highest BCUT2D eigenvalue weighted by Gasteiger charge is 2.12. The number of aromatic amines is 2. The third-order valence-electron chi connectivity index (χ3n) is 4.31. The van der Waals surface area contributed by atoms with Gasteiger partial charge in [-0.3, -0.25) is 4.79 Å². The molecule has 1 heterocycles. The SMILES string of the molecule is CCN(CC)c1ccc(C=NNC(=O)CSc2[nH]c3ccccc3[nH+]2)c(O)c1. The number of phenolic OH excluding ortho intramolecular Hbond substituents is 1. The van der Waals surface area contributed by atoms with Crippen LogP contribution in [0.15, 0.2) is 52.7 Å². The van der Waals surface area contributed by atoms with Crippen molar-refractivity contribution in [3.63, 3.8) is 0 Å². The Kier molecular flexibility index (Phi) is 6.54. The molecule has 0 saturated carbocycles. The molecular formula is C20H24N5O2S+. The second-order valence-corrected chi connectivity index (χ2v) is 7.11. The molecule has 3 aromatic rings. The van der Waals surface area contributed by atoms with Crippen molar-refractivity contribution in [1.82, 2.24) is 10.4 Å². The van der Waals surface area contributed by atoms with E-state index in [1.54, 1.807) is 12.1 Å². The number of rotatable bonds is 8. The molecule has 0 aliphatic rings. The van der Waals surface area contributed by atoms with Gasteiger partial charge in [-0.1, -0.05) is 12.1 Å². The second kappa shape index (κ2) is 9.27. The van der Waals surface area contributed by atoms with Crippen molar-refractivity contribution < 1.29 is 14.9 Å². The first-order valence-electron chi connectivity index (χ1n) is 9.13. The molecule has 3 rings (SSSR count). The summed E-state index contributed by atoms with van der Waals surface area (Å²) >= 11 is 1.36. The lowest BCUT2D eigenvalue weighted by Gasteiger charge is -2.21. The number of hydrogen-bond donors (Lipinski definition) is 3. The molecule has 8 heteroatoms. The van der Waals surface area contributed by atoms with Crippen LogP contribution in [0.3, 0.4) is 0 Å². The van der Waals surface area contributed by atoms with Crippen LogP contribution in [0.4, 0.5) is 5.69 Å². The fourth-order valence-corrected chi connectivity index (χ4v) is 3.52. The van der Waals surface area contributed by atoms with E-state index in [0.29, 0.717) is 5.56 Å². The van der Waals surface area contributed by atoms with E-state index in [-0.39, 0.29) is 17.4 Å². The first-order valence-corrected chi connectivity index (χ1v) is 10.1. The Balaban J connectivity index is 1.53. The van der Waals surface area contributed by atoms with Gasteiger partial charge < -0.3 is 10.0 Å². The highest BCUT2D eigenvalue weighted by Crippen LogP contribution is 2.23. The highest BCUT2D eigenvalue weighted by molar-refractivity contribution is 7.99. The average Bonchev–Trinajstić information content (AvgIpc) is 3.12. The number of amides is 1. The van der Waals surface area contributed by atoms with Gasteiger partial charge in [0, 0.05) is 30.4 Å². The lowest BCUT2D eigenvalue weighted by molar-refractivity contribution is -0.396. The molecular weight excluding hydrogens is 374 g/mol. The van der Waals surface area contributed by atoms with Crippen molar-refractivity contribution in [2.75, 3.05) is 23.7 Å². The van der Waals surface area contributed by atoms with Crippen molar-refractivity contribution in [1.29, 1.82) is 0 Å². The molecule has 0 spiro atoms. The second-order valence-electron chi connectivity index (χ2n) is 6.12. The summed E-state index contributed by atoms with van der Waals surface area (Å²) in [5.41, 5.74) is 5.97. The summed E-state index contributed by atoms with van der Waals surface area (Å²) < 4.78 is 0. The minimum absolute atomic E-state index is 0.129. The van der Waals surface area contributed by atoms with E-state index < -0.39 is 0 Å². The minimum Gasteiger partial charge on any atom is -0.507 e. The number of hydrogen-bond acceptors (Lipinski definition) is 5. The van der Waals surface area contributed by atoms with Crippen molar-refractivity contribution >= 4 is 40.6 Å². The third kappa shape index (κ3) is 4.83. The summed E-state index contributed by atoms with van der Waals surface area (Å²) in [5, 5.41) is 14.9. The van der Waals surface area contributed by atoms with Crippen LogP contribution >= 0.6 is 11.8 Å². The summed E-state index contributed by atoms with van der Waals surface area (Å²) in [5.74, 6) is 0.116. The highest BCUT2D eigenvalue weighted by atomic mass is 32.2. The van der Waals surface area contributed by atoms with Gasteiger partial charge in [0.05, 0.1) is 12.0 Å². The molecule has 0 radical (unpaired) electrons. The number of thioether (sulfide) groups is 1. The van der Waals surface area contributed by atoms with Crippen LogP contribution in [0.25, 0.3) is 11.0 Å². The van der Waals surface area contributed by atoms with Crippen LogP contribution < -0.4 is 15.3 Å². The van der Waals surface area contributed by atoms with Gasteiger partial charge in [-0.15, -0.1) is 0 Å². The Bertz CT molecular complexity index is 949. The van der Waals surface area contributed by atoms with Crippen molar-refractivity contribution in [3.05, 3.63) is 48.0 Å². The number of carbonyl (C=O) groups is 1. The van der Waals surface area contributed by atoms with E-state index in [2.05, 4.69) is 39.2 Å². The van der Waals surface area contributed by atoms with Crippen LogP contribution in [-0.4, -0.2) is 41.1 Å². The number of imidazole rings is 1. The monoisotopic (exact) mass is 398 g/mol. The molecule has 146 valence electrons. The summed E-state index contributed by atoms with van der Waals surface area (Å²) in [6.07, 6.45) is 1.44. The minimum atomic E-state index is -0.229. The molecule has 28 heavy (non-hydrogen) atoms. The zero-order valence-electron chi connectivity index (χ0n) is 15.9. The topological polar surface area (TPSA) is 94.9 Å². The smallest absolute Gasteiger partial charge is 0.315 e. The molecule has 0 aliphatic heterocycles.